The van der Waals surface area contributed by atoms with E-state index in [9.17, 15) is 8.42 Å². The first-order valence-corrected chi connectivity index (χ1v) is 7.73. The average Bonchev–Trinajstić information content (AvgIpc) is 2.71. The van der Waals surface area contributed by atoms with E-state index in [0.29, 0.717) is 17.2 Å². The summed E-state index contributed by atoms with van der Waals surface area (Å²) in [6.45, 7) is 2.41. The average molecular weight is 278 g/mol. The number of hydrogen-bond acceptors (Lipinski definition) is 5. The minimum Gasteiger partial charge on any atom is -0.396 e. The predicted molar refractivity (Wildman–Crippen MR) is 67.6 cm³/mol. The van der Waals surface area contributed by atoms with Crippen LogP contribution in [0.3, 0.4) is 0 Å². The number of unbranched alkanes of at least 4 members (excludes halogenated alkanes) is 2. The molecule has 17 heavy (non-hydrogen) atoms. The van der Waals surface area contributed by atoms with Crippen LogP contribution in [0.2, 0.25) is 0 Å². The smallest absolute Gasteiger partial charge is 0.253 e. The molecule has 1 aromatic rings. The van der Waals surface area contributed by atoms with Gasteiger partial charge in [-0.1, -0.05) is 0 Å². The van der Waals surface area contributed by atoms with E-state index < -0.39 is 10.0 Å². The number of aliphatic hydroxyl groups excluding tert-OH is 1. The van der Waals surface area contributed by atoms with Gasteiger partial charge in [-0.3, -0.25) is 0 Å². The Kier molecular flexibility index (Phi) is 5.51. The third-order valence-corrected chi connectivity index (χ3v) is 5.60. The van der Waals surface area contributed by atoms with Gasteiger partial charge in [-0.15, -0.1) is 11.3 Å². The van der Waals surface area contributed by atoms with Crippen molar-refractivity contribution in [2.45, 2.75) is 30.4 Å². The van der Waals surface area contributed by atoms with Crippen molar-refractivity contribution in [2.24, 2.45) is 0 Å². The van der Waals surface area contributed by atoms with Gasteiger partial charge in [0.1, 0.15) is 0 Å². The molecule has 0 fully saturated rings. The zero-order valence-electron chi connectivity index (χ0n) is 10.1. The standard InChI is InChI=1S/C10H18N2O3S2/c1-9-11-8-10(16-9)17(14,15)12(2)6-4-3-5-7-13/h8,13H,3-7H2,1-2H3. The quantitative estimate of drug-likeness (QED) is 0.762. The molecule has 1 rings (SSSR count). The summed E-state index contributed by atoms with van der Waals surface area (Å²) in [4.78, 5) is 3.95. The van der Waals surface area contributed by atoms with Gasteiger partial charge in [-0.05, 0) is 26.2 Å². The molecule has 98 valence electrons. The number of nitrogens with zero attached hydrogens (tertiary/aromatic N) is 2. The second-order valence-corrected chi connectivity index (χ2v) is 7.32. The normalized spacial score (nSPS) is 12.2. The maximum absolute atomic E-state index is 12.1. The van der Waals surface area contributed by atoms with E-state index in [1.54, 1.807) is 14.0 Å². The summed E-state index contributed by atoms with van der Waals surface area (Å²) in [6, 6.07) is 0. The van der Waals surface area contributed by atoms with E-state index in [1.165, 1.54) is 21.8 Å². The summed E-state index contributed by atoms with van der Waals surface area (Å²) in [5.74, 6) is 0. The van der Waals surface area contributed by atoms with Crippen molar-refractivity contribution in [1.29, 1.82) is 0 Å². The Balaban J connectivity index is 2.58. The van der Waals surface area contributed by atoms with Crippen LogP contribution in [-0.4, -0.2) is 43.0 Å². The molecule has 5 nitrogen and oxygen atoms in total. The van der Waals surface area contributed by atoms with Crippen molar-refractivity contribution >= 4 is 21.4 Å². The largest absolute Gasteiger partial charge is 0.396 e. The van der Waals surface area contributed by atoms with Gasteiger partial charge in [0.05, 0.1) is 11.2 Å². The first-order chi connectivity index (χ1) is 7.98. The predicted octanol–water partition coefficient (Wildman–Crippen LogP) is 1.23. The summed E-state index contributed by atoms with van der Waals surface area (Å²) in [6.07, 6.45) is 3.71. The highest BCUT2D eigenvalue weighted by atomic mass is 32.2. The fraction of sp³-hybridized carbons (Fsp3) is 0.700. The molecule has 0 unspecified atom stereocenters. The Morgan fingerprint density at radius 1 is 1.41 bits per heavy atom. The molecule has 0 aliphatic rings. The van der Waals surface area contributed by atoms with E-state index in [-0.39, 0.29) is 6.61 Å². The highest BCUT2D eigenvalue weighted by Gasteiger charge is 2.22. The molecule has 0 spiro atoms. The van der Waals surface area contributed by atoms with Crippen LogP contribution in [0.15, 0.2) is 10.4 Å². The summed E-state index contributed by atoms with van der Waals surface area (Å²) in [5, 5.41) is 9.38. The lowest BCUT2D eigenvalue weighted by molar-refractivity contribution is 0.281. The minimum absolute atomic E-state index is 0.157. The van der Waals surface area contributed by atoms with Gasteiger partial charge >= 0.3 is 0 Å². The molecule has 0 bridgehead atoms. The first-order valence-electron chi connectivity index (χ1n) is 5.48. The monoisotopic (exact) mass is 278 g/mol. The van der Waals surface area contributed by atoms with E-state index in [1.807, 2.05) is 0 Å². The van der Waals surface area contributed by atoms with Crippen molar-refractivity contribution < 1.29 is 13.5 Å². The molecular formula is C10H18N2O3S2. The van der Waals surface area contributed by atoms with Gasteiger partial charge in [0.2, 0.25) is 0 Å². The van der Waals surface area contributed by atoms with Crippen LogP contribution in [0.25, 0.3) is 0 Å². The van der Waals surface area contributed by atoms with Gasteiger partial charge in [-0.25, -0.2) is 17.7 Å². The molecule has 0 aliphatic carbocycles. The summed E-state index contributed by atoms with van der Waals surface area (Å²) in [5.41, 5.74) is 0. The van der Waals surface area contributed by atoms with Crippen LogP contribution < -0.4 is 0 Å². The first kappa shape index (κ1) is 14.6. The van der Waals surface area contributed by atoms with E-state index in [0.717, 1.165) is 17.8 Å². The lowest BCUT2D eigenvalue weighted by Gasteiger charge is -2.15. The second kappa shape index (κ2) is 6.44. The van der Waals surface area contributed by atoms with Crippen LogP contribution in [0.1, 0.15) is 24.3 Å². The van der Waals surface area contributed by atoms with Crippen molar-refractivity contribution in [3.63, 3.8) is 0 Å². The van der Waals surface area contributed by atoms with Crippen molar-refractivity contribution in [3.05, 3.63) is 11.2 Å². The van der Waals surface area contributed by atoms with Crippen LogP contribution in [0, 0.1) is 6.92 Å². The Morgan fingerprint density at radius 2 is 2.12 bits per heavy atom. The van der Waals surface area contributed by atoms with Gasteiger partial charge in [-0.2, -0.15) is 0 Å². The molecule has 0 radical (unpaired) electrons. The number of rotatable bonds is 7. The number of aromatic nitrogens is 1. The Hall–Kier alpha value is -0.500. The van der Waals surface area contributed by atoms with E-state index in [2.05, 4.69) is 4.98 Å². The molecule has 0 saturated heterocycles. The lowest BCUT2D eigenvalue weighted by atomic mass is 10.2. The molecule has 0 amide bonds. The van der Waals surface area contributed by atoms with Crippen LogP contribution in [-0.2, 0) is 10.0 Å². The van der Waals surface area contributed by atoms with Crippen LogP contribution >= 0.6 is 11.3 Å². The Morgan fingerprint density at radius 3 is 2.65 bits per heavy atom. The van der Waals surface area contributed by atoms with Crippen molar-refractivity contribution in [3.8, 4) is 0 Å². The second-order valence-electron chi connectivity index (χ2n) is 3.81. The van der Waals surface area contributed by atoms with Crippen LogP contribution in [0.4, 0.5) is 0 Å². The van der Waals surface area contributed by atoms with Gasteiger partial charge in [0, 0.05) is 20.2 Å². The molecule has 1 N–H and O–H groups in total. The number of sulfonamides is 1. The Labute approximate surface area is 106 Å². The number of hydrogen-bond donors (Lipinski definition) is 1. The molecule has 1 heterocycles. The SMILES string of the molecule is Cc1ncc(S(=O)(=O)N(C)CCCCCO)s1. The van der Waals surface area contributed by atoms with E-state index >= 15 is 0 Å². The summed E-state index contributed by atoms with van der Waals surface area (Å²) >= 11 is 1.19. The van der Waals surface area contributed by atoms with Crippen LogP contribution in [0.5, 0.6) is 0 Å². The van der Waals surface area contributed by atoms with Crippen molar-refractivity contribution in [1.82, 2.24) is 9.29 Å². The lowest BCUT2D eigenvalue weighted by Crippen LogP contribution is -2.27. The summed E-state index contributed by atoms with van der Waals surface area (Å²) in [7, 11) is -1.81. The molecule has 0 atom stereocenters. The maximum atomic E-state index is 12.1. The maximum Gasteiger partial charge on any atom is 0.253 e. The fourth-order valence-electron chi connectivity index (χ4n) is 1.36. The molecule has 0 saturated carbocycles. The topological polar surface area (TPSA) is 70.5 Å². The molecule has 0 aliphatic heterocycles. The van der Waals surface area contributed by atoms with Gasteiger partial charge < -0.3 is 5.11 Å². The molecule has 1 aromatic heterocycles. The minimum atomic E-state index is -3.38. The zero-order valence-corrected chi connectivity index (χ0v) is 11.7. The third kappa shape index (κ3) is 4.02. The number of aliphatic hydroxyl groups is 1. The molecule has 7 heteroatoms. The fourth-order valence-corrected chi connectivity index (χ4v) is 3.89. The number of thiazole rings is 1. The van der Waals surface area contributed by atoms with Crippen molar-refractivity contribution in [2.75, 3.05) is 20.2 Å². The van der Waals surface area contributed by atoms with E-state index in [4.69, 9.17) is 5.11 Å². The zero-order chi connectivity index (χ0) is 12.9. The Bertz CT molecular complexity index is 442. The highest BCUT2D eigenvalue weighted by Crippen LogP contribution is 2.21. The molecular weight excluding hydrogens is 260 g/mol. The number of aryl methyl sites for hydroxylation is 1. The highest BCUT2D eigenvalue weighted by molar-refractivity contribution is 7.91. The molecule has 0 aromatic carbocycles. The third-order valence-electron chi connectivity index (χ3n) is 2.40. The van der Waals surface area contributed by atoms with Gasteiger partial charge in [0.15, 0.2) is 4.21 Å². The summed E-state index contributed by atoms with van der Waals surface area (Å²) < 4.78 is 25.7. The van der Waals surface area contributed by atoms with Gasteiger partial charge in [0.25, 0.3) is 10.0 Å².